The largest absolute Gasteiger partial charge is 0.467 e. The monoisotopic (exact) mass is 275 g/mol. The highest BCUT2D eigenvalue weighted by Gasteiger charge is 2.22. The van der Waals surface area contributed by atoms with Crippen molar-refractivity contribution in [1.82, 2.24) is 14.9 Å². The topological polar surface area (TPSA) is 52.2 Å². The summed E-state index contributed by atoms with van der Waals surface area (Å²) in [6, 6.07) is 3.90. The van der Waals surface area contributed by atoms with E-state index in [4.69, 9.17) is 9.15 Å². The molecular formula is C15H21N3O2. The van der Waals surface area contributed by atoms with Crippen molar-refractivity contribution in [2.24, 2.45) is 13.0 Å². The van der Waals surface area contributed by atoms with E-state index >= 15 is 0 Å². The molecule has 1 fully saturated rings. The standard InChI is InChI=1S/C15H21N3O2/c1-18-7-6-16-15(18)14(13-5-3-9-20-13)17-10-12-4-2-8-19-11-12/h3,5-7,9,12,14,17H,2,4,8,10-11H2,1H3. The van der Waals surface area contributed by atoms with E-state index in [0.717, 1.165) is 37.8 Å². The summed E-state index contributed by atoms with van der Waals surface area (Å²) in [6.45, 7) is 2.66. The van der Waals surface area contributed by atoms with Crippen molar-refractivity contribution < 1.29 is 9.15 Å². The number of imidazole rings is 1. The van der Waals surface area contributed by atoms with Gasteiger partial charge in [0.15, 0.2) is 0 Å². The van der Waals surface area contributed by atoms with Crippen LogP contribution >= 0.6 is 0 Å². The zero-order valence-corrected chi connectivity index (χ0v) is 11.8. The van der Waals surface area contributed by atoms with Crippen LogP contribution in [0.2, 0.25) is 0 Å². The van der Waals surface area contributed by atoms with E-state index in [9.17, 15) is 0 Å². The molecule has 0 saturated carbocycles. The molecule has 0 radical (unpaired) electrons. The Balaban J connectivity index is 1.71. The number of nitrogens with one attached hydrogen (secondary N) is 1. The lowest BCUT2D eigenvalue weighted by Crippen LogP contribution is -2.33. The van der Waals surface area contributed by atoms with E-state index in [1.165, 1.54) is 6.42 Å². The molecule has 0 bridgehead atoms. The van der Waals surface area contributed by atoms with Crippen molar-refractivity contribution in [2.75, 3.05) is 19.8 Å². The summed E-state index contributed by atoms with van der Waals surface area (Å²) in [5, 5.41) is 3.58. The lowest BCUT2D eigenvalue weighted by Gasteiger charge is -2.25. The number of rotatable bonds is 5. The van der Waals surface area contributed by atoms with E-state index < -0.39 is 0 Å². The molecule has 0 spiro atoms. The summed E-state index contributed by atoms with van der Waals surface area (Å²) < 4.78 is 13.1. The summed E-state index contributed by atoms with van der Waals surface area (Å²) in [5.41, 5.74) is 0. The first kappa shape index (κ1) is 13.4. The average molecular weight is 275 g/mol. The van der Waals surface area contributed by atoms with E-state index in [0.29, 0.717) is 5.92 Å². The smallest absolute Gasteiger partial charge is 0.133 e. The first-order valence-corrected chi connectivity index (χ1v) is 7.16. The Labute approximate surface area is 118 Å². The van der Waals surface area contributed by atoms with Crippen molar-refractivity contribution in [1.29, 1.82) is 0 Å². The third-order valence-electron chi connectivity index (χ3n) is 3.81. The maximum absolute atomic E-state index is 5.57. The predicted molar refractivity (Wildman–Crippen MR) is 75.3 cm³/mol. The number of aryl methyl sites for hydroxylation is 1. The van der Waals surface area contributed by atoms with Crippen LogP contribution in [0.15, 0.2) is 35.2 Å². The van der Waals surface area contributed by atoms with Crippen LogP contribution in [0.3, 0.4) is 0 Å². The number of ether oxygens (including phenoxy) is 1. The normalized spacial score (nSPS) is 20.9. The summed E-state index contributed by atoms with van der Waals surface area (Å²) in [5.74, 6) is 2.44. The third-order valence-corrected chi connectivity index (χ3v) is 3.81. The molecule has 0 amide bonds. The van der Waals surface area contributed by atoms with Gasteiger partial charge < -0.3 is 19.0 Å². The quantitative estimate of drug-likeness (QED) is 0.908. The van der Waals surface area contributed by atoms with E-state index in [1.54, 1.807) is 6.26 Å². The minimum Gasteiger partial charge on any atom is -0.467 e. The molecule has 3 rings (SSSR count). The van der Waals surface area contributed by atoms with Gasteiger partial charge in [0.05, 0.1) is 12.9 Å². The Morgan fingerprint density at radius 3 is 3.15 bits per heavy atom. The molecule has 2 atom stereocenters. The molecule has 1 aliphatic heterocycles. The molecule has 2 unspecified atom stereocenters. The Bertz CT molecular complexity index is 515. The molecule has 2 aromatic heterocycles. The predicted octanol–water partition coefficient (Wildman–Crippen LogP) is 2.12. The van der Waals surface area contributed by atoms with Crippen molar-refractivity contribution in [3.8, 4) is 0 Å². The average Bonchev–Trinajstić information content (AvgIpc) is 3.13. The molecule has 1 saturated heterocycles. The lowest BCUT2D eigenvalue weighted by molar-refractivity contribution is 0.0538. The van der Waals surface area contributed by atoms with Gasteiger partial charge in [-0.3, -0.25) is 0 Å². The summed E-state index contributed by atoms with van der Waals surface area (Å²) in [7, 11) is 2.00. The Hall–Kier alpha value is -1.59. The summed E-state index contributed by atoms with van der Waals surface area (Å²) in [6.07, 6.45) is 7.85. The molecule has 5 nitrogen and oxygen atoms in total. The maximum Gasteiger partial charge on any atom is 0.133 e. The fourth-order valence-electron chi connectivity index (χ4n) is 2.68. The summed E-state index contributed by atoms with van der Waals surface area (Å²) in [4.78, 5) is 4.45. The second-order valence-electron chi connectivity index (χ2n) is 5.34. The van der Waals surface area contributed by atoms with Crippen LogP contribution in [-0.2, 0) is 11.8 Å². The minimum atomic E-state index is -0.00748. The van der Waals surface area contributed by atoms with Gasteiger partial charge in [0.25, 0.3) is 0 Å². The first-order valence-electron chi connectivity index (χ1n) is 7.16. The molecule has 3 heterocycles. The molecule has 0 aromatic carbocycles. The molecule has 1 aliphatic rings. The maximum atomic E-state index is 5.57. The molecule has 0 aliphatic carbocycles. The zero-order valence-electron chi connectivity index (χ0n) is 11.8. The van der Waals surface area contributed by atoms with Gasteiger partial charge in [-0.25, -0.2) is 4.98 Å². The highest BCUT2D eigenvalue weighted by Crippen LogP contribution is 2.22. The molecular weight excluding hydrogens is 254 g/mol. The number of furan rings is 1. The van der Waals surface area contributed by atoms with Crippen molar-refractivity contribution in [3.05, 3.63) is 42.4 Å². The van der Waals surface area contributed by atoms with Crippen LogP contribution in [0.4, 0.5) is 0 Å². The molecule has 108 valence electrons. The van der Waals surface area contributed by atoms with E-state index in [1.807, 2.05) is 36.1 Å². The zero-order chi connectivity index (χ0) is 13.8. The van der Waals surface area contributed by atoms with Gasteiger partial charge in [-0.15, -0.1) is 0 Å². The van der Waals surface area contributed by atoms with Crippen molar-refractivity contribution >= 4 is 0 Å². The van der Waals surface area contributed by atoms with Gasteiger partial charge in [0.1, 0.15) is 17.6 Å². The van der Waals surface area contributed by atoms with Crippen molar-refractivity contribution in [2.45, 2.75) is 18.9 Å². The van der Waals surface area contributed by atoms with Gasteiger partial charge in [-0.1, -0.05) is 0 Å². The molecule has 1 N–H and O–H groups in total. The van der Waals surface area contributed by atoms with Crippen LogP contribution < -0.4 is 5.32 Å². The van der Waals surface area contributed by atoms with Gasteiger partial charge in [0, 0.05) is 32.6 Å². The van der Waals surface area contributed by atoms with Crippen LogP contribution in [0, 0.1) is 5.92 Å². The van der Waals surface area contributed by atoms with Crippen LogP contribution in [0.5, 0.6) is 0 Å². The highest BCUT2D eigenvalue weighted by molar-refractivity contribution is 5.15. The minimum absolute atomic E-state index is 0.00748. The lowest BCUT2D eigenvalue weighted by atomic mass is 10.0. The second kappa shape index (κ2) is 6.24. The molecule has 5 heteroatoms. The van der Waals surface area contributed by atoms with Gasteiger partial charge >= 0.3 is 0 Å². The Kier molecular flexibility index (Phi) is 4.18. The van der Waals surface area contributed by atoms with Crippen LogP contribution in [0.1, 0.15) is 30.5 Å². The second-order valence-corrected chi connectivity index (χ2v) is 5.34. The van der Waals surface area contributed by atoms with Gasteiger partial charge in [-0.05, 0) is 30.9 Å². The SMILES string of the molecule is Cn1ccnc1C(NCC1CCCOC1)c1ccco1. The highest BCUT2D eigenvalue weighted by atomic mass is 16.5. The fraction of sp³-hybridized carbons (Fsp3) is 0.533. The number of hydrogen-bond donors (Lipinski definition) is 1. The fourth-order valence-corrected chi connectivity index (χ4v) is 2.68. The molecule has 2 aromatic rings. The van der Waals surface area contributed by atoms with Gasteiger partial charge in [-0.2, -0.15) is 0 Å². The Morgan fingerprint density at radius 1 is 1.55 bits per heavy atom. The number of nitrogens with zero attached hydrogens (tertiary/aromatic N) is 2. The Morgan fingerprint density at radius 2 is 2.50 bits per heavy atom. The van der Waals surface area contributed by atoms with Gasteiger partial charge in [0.2, 0.25) is 0 Å². The first-order chi connectivity index (χ1) is 9.84. The van der Waals surface area contributed by atoms with E-state index in [2.05, 4.69) is 10.3 Å². The van der Waals surface area contributed by atoms with Crippen LogP contribution in [0.25, 0.3) is 0 Å². The summed E-state index contributed by atoms with van der Waals surface area (Å²) >= 11 is 0. The number of hydrogen-bond acceptors (Lipinski definition) is 4. The van der Waals surface area contributed by atoms with Crippen molar-refractivity contribution in [3.63, 3.8) is 0 Å². The van der Waals surface area contributed by atoms with E-state index in [-0.39, 0.29) is 6.04 Å². The van der Waals surface area contributed by atoms with Crippen LogP contribution in [-0.4, -0.2) is 29.3 Å². The molecule has 20 heavy (non-hydrogen) atoms. The number of aromatic nitrogens is 2. The third kappa shape index (κ3) is 2.94.